The van der Waals surface area contributed by atoms with E-state index in [9.17, 15) is 0 Å². The number of nitrogens with zero attached hydrogens (tertiary/aromatic N) is 1. The summed E-state index contributed by atoms with van der Waals surface area (Å²) < 4.78 is 5.66. The molecule has 3 nitrogen and oxygen atoms in total. The molecule has 1 heterocycles. The van der Waals surface area contributed by atoms with Gasteiger partial charge in [0.25, 0.3) is 0 Å². The van der Waals surface area contributed by atoms with Gasteiger partial charge in [-0.1, -0.05) is 30.3 Å². The molecule has 1 atom stereocenters. The van der Waals surface area contributed by atoms with Crippen molar-refractivity contribution in [3.8, 4) is 5.75 Å². The predicted molar refractivity (Wildman–Crippen MR) is 77.1 cm³/mol. The van der Waals surface area contributed by atoms with Gasteiger partial charge >= 0.3 is 0 Å². The van der Waals surface area contributed by atoms with Crippen LogP contribution in [0.3, 0.4) is 0 Å². The third kappa shape index (κ3) is 4.38. The Hall–Kier alpha value is -1.87. The molecular weight excluding hydrogens is 236 g/mol. The highest BCUT2D eigenvalue weighted by Gasteiger charge is 2.01. The first-order valence-electron chi connectivity index (χ1n) is 6.64. The maximum absolute atomic E-state index is 5.75. The van der Waals surface area contributed by atoms with Crippen molar-refractivity contribution in [2.24, 2.45) is 5.73 Å². The standard InChI is InChI=1S/C16H20N2O/c1-13(17)16-10-9-15(12-18-16)19-11-5-8-14-6-3-2-4-7-14/h2-4,6-7,9-10,12-13H,5,8,11,17H2,1H3. The molecule has 0 fully saturated rings. The molecule has 1 aromatic carbocycles. The molecule has 0 aliphatic heterocycles. The summed E-state index contributed by atoms with van der Waals surface area (Å²) in [6.45, 7) is 2.62. The molecule has 100 valence electrons. The van der Waals surface area contributed by atoms with Gasteiger partial charge in [0, 0.05) is 6.04 Å². The third-order valence-corrected chi connectivity index (χ3v) is 2.95. The summed E-state index contributed by atoms with van der Waals surface area (Å²) in [7, 11) is 0. The van der Waals surface area contributed by atoms with E-state index >= 15 is 0 Å². The van der Waals surface area contributed by atoms with E-state index in [0.29, 0.717) is 6.61 Å². The Morgan fingerprint density at radius 1 is 1.16 bits per heavy atom. The molecule has 1 aromatic heterocycles. The average molecular weight is 256 g/mol. The molecule has 0 spiro atoms. The number of rotatable bonds is 6. The largest absolute Gasteiger partial charge is 0.492 e. The minimum absolute atomic E-state index is 0.0351. The fourth-order valence-electron chi connectivity index (χ4n) is 1.86. The number of pyridine rings is 1. The van der Waals surface area contributed by atoms with Crippen molar-refractivity contribution in [2.45, 2.75) is 25.8 Å². The summed E-state index contributed by atoms with van der Waals surface area (Å²) >= 11 is 0. The summed E-state index contributed by atoms with van der Waals surface area (Å²) in [6.07, 6.45) is 3.77. The number of hydrogen-bond donors (Lipinski definition) is 1. The van der Waals surface area contributed by atoms with E-state index < -0.39 is 0 Å². The van der Waals surface area contributed by atoms with Gasteiger partial charge in [-0.15, -0.1) is 0 Å². The molecule has 19 heavy (non-hydrogen) atoms. The Morgan fingerprint density at radius 3 is 2.58 bits per heavy atom. The van der Waals surface area contributed by atoms with Crippen molar-refractivity contribution < 1.29 is 4.74 Å². The Balaban J connectivity index is 1.74. The first-order valence-corrected chi connectivity index (χ1v) is 6.64. The highest BCUT2D eigenvalue weighted by Crippen LogP contribution is 2.13. The number of aryl methyl sites for hydroxylation is 1. The topological polar surface area (TPSA) is 48.1 Å². The van der Waals surface area contributed by atoms with Crippen molar-refractivity contribution in [1.29, 1.82) is 0 Å². The fourth-order valence-corrected chi connectivity index (χ4v) is 1.86. The van der Waals surface area contributed by atoms with E-state index in [4.69, 9.17) is 10.5 Å². The minimum Gasteiger partial charge on any atom is -0.492 e. The van der Waals surface area contributed by atoms with E-state index in [2.05, 4.69) is 29.2 Å². The molecule has 0 bridgehead atoms. The Kier molecular flexibility index (Phi) is 4.93. The number of nitrogens with two attached hydrogens (primary N) is 1. The molecule has 3 heteroatoms. The molecule has 0 amide bonds. The fraction of sp³-hybridized carbons (Fsp3) is 0.312. The van der Waals surface area contributed by atoms with Gasteiger partial charge in [-0.25, -0.2) is 0 Å². The molecule has 0 saturated heterocycles. The van der Waals surface area contributed by atoms with Crippen molar-refractivity contribution in [1.82, 2.24) is 4.98 Å². The van der Waals surface area contributed by atoms with Gasteiger partial charge in [0.1, 0.15) is 5.75 Å². The zero-order valence-electron chi connectivity index (χ0n) is 11.3. The van der Waals surface area contributed by atoms with Crippen LogP contribution < -0.4 is 10.5 Å². The Bertz CT molecular complexity index is 480. The molecule has 0 radical (unpaired) electrons. The highest BCUT2D eigenvalue weighted by atomic mass is 16.5. The van der Waals surface area contributed by atoms with E-state index in [1.807, 2.05) is 25.1 Å². The van der Waals surface area contributed by atoms with Crippen LogP contribution in [-0.2, 0) is 6.42 Å². The molecule has 1 unspecified atom stereocenters. The summed E-state index contributed by atoms with van der Waals surface area (Å²) in [6, 6.07) is 14.2. The number of hydrogen-bond acceptors (Lipinski definition) is 3. The lowest BCUT2D eigenvalue weighted by Crippen LogP contribution is -2.07. The molecular formula is C16H20N2O. The second kappa shape index (κ2) is 6.90. The van der Waals surface area contributed by atoms with Gasteiger partial charge in [-0.05, 0) is 37.5 Å². The van der Waals surface area contributed by atoms with Crippen LogP contribution in [0.1, 0.15) is 30.6 Å². The van der Waals surface area contributed by atoms with Gasteiger partial charge < -0.3 is 10.5 Å². The summed E-state index contributed by atoms with van der Waals surface area (Å²) in [5, 5.41) is 0. The number of benzene rings is 1. The van der Waals surface area contributed by atoms with E-state index in [1.165, 1.54) is 5.56 Å². The number of aromatic nitrogens is 1. The normalized spacial score (nSPS) is 12.1. The van der Waals surface area contributed by atoms with Crippen LogP contribution in [0, 0.1) is 0 Å². The van der Waals surface area contributed by atoms with E-state index in [1.54, 1.807) is 6.20 Å². The summed E-state index contributed by atoms with van der Waals surface area (Å²) in [5.74, 6) is 0.803. The average Bonchev–Trinajstić information content (AvgIpc) is 2.45. The third-order valence-electron chi connectivity index (χ3n) is 2.95. The van der Waals surface area contributed by atoms with Gasteiger partial charge in [0.15, 0.2) is 0 Å². The maximum Gasteiger partial charge on any atom is 0.137 e. The minimum atomic E-state index is -0.0351. The van der Waals surface area contributed by atoms with E-state index in [0.717, 1.165) is 24.3 Å². The smallest absolute Gasteiger partial charge is 0.137 e. The Morgan fingerprint density at radius 2 is 1.95 bits per heavy atom. The maximum atomic E-state index is 5.75. The van der Waals surface area contributed by atoms with Gasteiger partial charge in [-0.3, -0.25) is 4.98 Å². The SMILES string of the molecule is CC(N)c1ccc(OCCCc2ccccc2)cn1. The second-order valence-corrected chi connectivity index (χ2v) is 4.65. The lowest BCUT2D eigenvalue weighted by Gasteiger charge is -2.08. The van der Waals surface area contributed by atoms with Crippen molar-refractivity contribution in [3.05, 3.63) is 59.9 Å². The van der Waals surface area contributed by atoms with Crippen molar-refractivity contribution >= 4 is 0 Å². The lowest BCUT2D eigenvalue weighted by atomic mass is 10.1. The van der Waals surface area contributed by atoms with Crippen LogP contribution >= 0.6 is 0 Å². The van der Waals surface area contributed by atoms with Crippen molar-refractivity contribution in [2.75, 3.05) is 6.61 Å². The van der Waals surface area contributed by atoms with Gasteiger partial charge in [-0.2, -0.15) is 0 Å². The first kappa shape index (κ1) is 13.6. The first-order chi connectivity index (χ1) is 9.25. The summed E-state index contributed by atoms with van der Waals surface area (Å²) in [5.41, 5.74) is 7.98. The quantitative estimate of drug-likeness (QED) is 0.808. The van der Waals surface area contributed by atoms with Crippen LogP contribution in [0.2, 0.25) is 0 Å². The van der Waals surface area contributed by atoms with E-state index in [-0.39, 0.29) is 6.04 Å². The zero-order chi connectivity index (χ0) is 13.5. The lowest BCUT2D eigenvalue weighted by molar-refractivity contribution is 0.309. The summed E-state index contributed by atoms with van der Waals surface area (Å²) in [4.78, 5) is 4.27. The molecule has 0 aliphatic carbocycles. The second-order valence-electron chi connectivity index (χ2n) is 4.65. The van der Waals surface area contributed by atoms with Crippen LogP contribution in [0.5, 0.6) is 5.75 Å². The van der Waals surface area contributed by atoms with Crippen LogP contribution in [0.15, 0.2) is 48.7 Å². The molecule has 0 saturated carbocycles. The zero-order valence-corrected chi connectivity index (χ0v) is 11.3. The molecule has 2 aromatic rings. The van der Waals surface area contributed by atoms with Crippen LogP contribution in [0.4, 0.5) is 0 Å². The Labute approximate surface area is 114 Å². The van der Waals surface area contributed by atoms with Crippen LogP contribution in [0.25, 0.3) is 0 Å². The van der Waals surface area contributed by atoms with Gasteiger partial charge in [0.2, 0.25) is 0 Å². The molecule has 2 rings (SSSR count). The molecule has 2 N–H and O–H groups in total. The number of ether oxygens (including phenoxy) is 1. The van der Waals surface area contributed by atoms with Gasteiger partial charge in [0.05, 0.1) is 18.5 Å². The monoisotopic (exact) mass is 256 g/mol. The predicted octanol–water partition coefficient (Wildman–Crippen LogP) is 3.11. The van der Waals surface area contributed by atoms with Crippen molar-refractivity contribution in [3.63, 3.8) is 0 Å². The molecule has 0 aliphatic rings. The highest BCUT2D eigenvalue weighted by molar-refractivity contribution is 5.21. The van der Waals surface area contributed by atoms with Crippen LogP contribution in [-0.4, -0.2) is 11.6 Å².